The van der Waals surface area contributed by atoms with Crippen LogP contribution in [0.5, 0.6) is 0 Å². The number of carbonyl (C=O) groups excluding carboxylic acids is 1. The molecular formula is C15H22N4O. The number of carbonyl (C=O) groups is 1. The zero-order chi connectivity index (χ0) is 13.8. The lowest BCUT2D eigenvalue weighted by Crippen LogP contribution is -2.50. The van der Waals surface area contributed by atoms with Crippen LogP contribution in [0.2, 0.25) is 0 Å². The highest BCUT2D eigenvalue weighted by Crippen LogP contribution is 2.18. The summed E-state index contributed by atoms with van der Waals surface area (Å²) in [5.74, 6) is 1.35. The van der Waals surface area contributed by atoms with Crippen molar-refractivity contribution in [3.63, 3.8) is 0 Å². The SMILES string of the molecule is O=C(NCc1ccnc(N2CCCCC2)c1)C1CNC1. The second-order valence-corrected chi connectivity index (χ2v) is 5.64. The molecule has 0 saturated carbocycles. The summed E-state index contributed by atoms with van der Waals surface area (Å²) in [6.07, 6.45) is 5.66. The van der Waals surface area contributed by atoms with Crippen molar-refractivity contribution in [1.82, 2.24) is 15.6 Å². The Hall–Kier alpha value is -1.62. The van der Waals surface area contributed by atoms with Crippen molar-refractivity contribution >= 4 is 11.7 Å². The average molecular weight is 274 g/mol. The molecule has 0 radical (unpaired) electrons. The summed E-state index contributed by atoms with van der Waals surface area (Å²) in [6.45, 7) is 4.40. The molecule has 3 heterocycles. The molecule has 0 bridgehead atoms. The van der Waals surface area contributed by atoms with Crippen molar-refractivity contribution in [3.05, 3.63) is 23.9 Å². The second-order valence-electron chi connectivity index (χ2n) is 5.64. The first-order chi connectivity index (χ1) is 9.83. The Morgan fingerprint density at radius 1 is 1.35 bits per heavy atom. The molecule has 0 aliphatic carbocycles. The van der Waals surface area contributed by atoms with Gasteiger partial charge in [0.05, 0.1) is 5.92 Å². The van der Waals surface area contributed by atoms with Gasteiger partial charge < -0.3 is 15.5 Å². The predicted molar refractivity (Wildman–Crippen MR) is 78.5 cm³/mol. The summed E-state index contributed by atoms with van der Waals surface area (Å²) in [5, 5.41) is 6.12. The molecule has 2 fully saturated rings. The first-order valence-electron chi connectivity index (χ1n) is 7.51. The van der Waals surface area contributed by atoms with E-state index in [2.05, 4.69) is 26.6 Å². The number of pyridine rings is 1. The lowest BCUT2D eigenvalue weighted by Gasteiger charge is -2.28. The highest BCUT2D eigenvalue weighted by molar-refractivity contribution is 5.80. The van der Waals surface area contributed by atoms with Gasteiger partial charge in [-0.3, -0.25) is 4.79 Å². The highest BCUT2D eigenvalue weighted by atomic mass is 16.2. The molecule has 2 aliphatic rings. The number of amides is 1. The summed E-state index contributed by atoms with van der Waals surface area (Å²) >= 11 is 0. The van der Waals surface area contributed by atoms with Crippen molar-refractivity contribution in [2.75, 3.05) is 31.1 Å². The lowest BCUT2D eigenvalue weighted by molar-refractivity contribution is -0.126. The number of piperidine rings is 1. The van der Waals surface area contributed by atoms with E-state index in [4.69, 9.17) is 0 Å². The topological polar surface area (TPSA) is 57.3 Å². The molecule has 20 heavy (non-hydrogen) atoms. The van der Waals surface area contributed by atoms with E-state index in [9.17, 15) is 4.79 Å². The van der Waals surface area contributed by atoms with Gasteiger partial charge in [-0.15, -0.1) is 0 Å². The number of rotatable bonds is 4. The fourth-order valence-electron chi connectivity index (χ4n) is 2.67. The van der Waals surface area contributed by atoms with Gasteiger partial charge in [0.1, 0.15) is 5.82 Å². The van der Waals surface area contributed by atoms with Gasteiger partial charge in [-0.25, -0.2) is 4.98 Å². The van der Waals surface area contributed by atoms with Gasteiger partial charge in [-0.05, 0) is 37.0 Å². The van der Waals surface area contributed by atoms with E-state index >= 15 is 0 Å². The third kappa shape index (κ3) is 3.10. The van der Waals surface area contributed by atoms with Crippen LogP contribution >= 0.6 is 0 Å². The van der Waals surface area contributed by atoms with Crippen molar-refractivity contribution in [3.8, 4) is 0 Å². The third-order valence-corrected chi connectivity index (χ3v) is 4.11. The van der Waals surface area contributed by atoms with E-state index in [0.717, 1.165) is 37.6 Å². The number of aromatic nitrogens is 1. The molecule has 0 atom stereocenters. The standard InChI is InChI=1S/C15H22N4O/c20-15(13-10-16-11-13)18-9-12-4-5-17-14(8-12)19-6-2-1-3-7-19/h4-5,8,13,16H,1-3,6-7,9-11H2,(H,18,20). The molecule has 3 rings (SSSR count). The smallest absolute Gasteiger partial charge is 0.225 e. The first-order valence-corrected chi connectivity index (χ1v) is 7.51. The van der Waals surface area contributed by atoms with Crippen LogP contribution in [0.3, 0.4) is 0 Å². The molecule has 0 spiro atoms. The minimum Gasteiger partial charge on any atom is -0.357 e. The zero-order valence-electron chi connectivity index (χ0n) is 11.8. The van der Waals surface area contributed by atoms with Gasteiger partial charge in [0, 0.05) is 38.9 Å². The number of hydrogen-bond donors (Lipinski definition) is 2. The molecule has 2 saturated heterocycles. The van der Waals surface area contributed by atoms with Crippen LogP contribution in [0.1, 0.15) is 24.8 Å². The van der Waals surface area contributed by atoms with Crippen LogP contribution in [-0.4, -0.2) is 37.1 Å². The Morgan fingerprint density at radius 3 is 2.85 bits per heavy atom. The molecule has 5 heteroatoms. The summed E-state index contributed by atoms with van der Waals surface area (Å²) in [5.41, 5.74) is 1.13. The van der Waals surface area contributed by atoms with Gasteiger partial charge in [-0.2, -0.15) is 0 Å². The van der Waals surface area contributed by atoms with Crippen LogP contribution in [0, 0.1) is 5.92 Å². The molecule has 1 aromatic rings. The molecule has 2 aliphatic heterocycles. The van der Waals surface area contributed by atoms with Gasteiger partial charge in [0.25, 0.3) is 0 Å². The van der Waals surface area contributed by atoms with Crippen molar-refractivity contribution in [1.29, 1.82) is 0 Å². The quantitative estimate of drug-likeness (QED) is 0.857. The van der Waals surface area contributed by atoms with E-state index in [1.165, 1.54) is 19.3 Å². The molecule has 0 aromatic carbocycles. The average Bonchev–Trinajstić information content (AvgIpc) is 2.45. The zero-order valence-corrected chi connectivity index (χ0v) is 11.8. The molecule has 0 unspecified atom stereocenters. The van der Waals surface area contributed by atoms with E-state index in [0.29, 0.717) is 6.54 Å². The van der Waals surface area contributed by atoms with E-state index in [1.54, 1.807) is 0 Å². The van der Waals surface area contributed by atoms with E-state index < -0.39 is 0 Å². The summed E-state index contributed by atoms with van der Waals surface area (Å²) in [6, 6.07) is 4.08. The summed E-state index contributed by atoms with van der Waals surface area (Å²) < 4.78 is 0. The minimum atomic E-state index is 0.151. The maximum Gasteiger partial charge on any atom is 0.225 e. The van der Waals surface area contributed by atoms with E-state index in [1.807, 2.05) is 12.3 Å². The third-order valence-electron chi connectivity index (χ3n) is 4.11. The van der Waals surface area contributed by atoms with Gasteiger partial charge >= 0.3 is 0 Å². The van der Waals surface area contributed by atoms with Crippen LogP contribution in [-0.2, 0) is 11.3 Å². The molecular weight excluding hydrogens is 252 g/mol. The minimum absolute atomic E-state index is 0.151. The summed E-state index contributed by atoms with van der Waals surface area (Å²) in [4.78, 5) is 18.6. The molecule has 1 amide bonds. The van der Waals surface area contributed by atoms with Crippen molar-refractivity contribution in [2.45, 2.75) is 25.8 Å². The van der Waals surface area contributed by atoms with Crippen molar-refractivity contribution in [2.24, 2.45) is 5.92 Å². The lowest BCUT2D eigenvalue weighted by atomic mass is 10.0. The van der Waals surface area contributed by atoms with E-state index in [-0.39, 0.29) is 11.8 Å². The number of hydrogen-bond acceptors (Lipinski definition) is 4. The molecule has 1 aromatic heterocycles. The fraction of sp³-hybridized carbons (Fsp3) is 0.600. The Bertz CT molecular complexity index is 467. The van der Waals surface area contributed by atoms with Crippen LogP contribution in [0.4, 0.5) is 5.82 Å². The maximum absolute atomic E-state index is 11.8. The van der Waals surface area contributed by atoms with Crippen molar-refractivity contribution < 1.29 is 4.79 Å². The van der Waals surface area contributed by atoms with Crippen LogP contribution < -0.4 is 15.5 Å². The Kier molecular flexibility index (Phi) is 4.16. The second kappa shape index (κ2) is 6.22. The monoisotopic (exact) mass is 274 g/mol. The Labute approximate surface area is 119 Å². The number of nitrogens with one attached hydrogen (secondary N) is 2. The maximum atomic E-state index is 11.8. The number of nitrogens with zero attached hydrogens (tertiary/aromatic N) is 2. The normalized spacial score (nSPS) is 19.5. The molecule has 2 N–H and O–H groups in total. The largest absolute Gasteiger partial charge is 0.357 e. The summed E-state index contributed by atoms with van der Waals surface area (Å²) in [7, 11) is 0. The Morgan fingerprint density at radius 2 is 2.15 bits per heavy atom. The Balaban J connectivity index is 1.57. The van der Waals surface area contributed by atoms with Gasteiger partial charge in [0.2, 0.25) is 5.91 Å². The molecule has 5 nitrogen and oxygen atoms in total. The van der Waals surface area contributed by atoms with Gasteiger partial charge in [0.15, 0.2) is 0 Å². The highest BCUT2D eigenvalue weighted by Gasteiger charge is 2.24. The first kappa shape index (κ1) is 13.4. The fourth-order valence-corrected chi connectivity index (χ4v) is 2.67. The van der Waals surface area contributed by atoms with Gasteiger partial charge in [-0.1, -0.05) is 0 Å². The number of anilines is 1. The van der Waals surface area contributed by atoms with Crippen LogP contribution in [0.15, 0.2) is 18.3 Å². The molecule has 108 valence electrons. The van der Waals surface area contributed by atoms with Crippen LogP contribution in [0.25, 0.3) is 0 Å². The predicted octanol–water partition coefficient (Wildman–Crippen LogP) is 0.907.